The van der Waals surface area contributed by atoms with Crippen LogP contribution in [0.5, 0.6) is 23.0 Å². The molecule has 2 rings (SSSR count). The maximum Gasteiger partial charge on any atom is 0.336 e. The molecule has 0 fully saturated rings. The van der Waals surface area contributed by atoms with Gasteiger partial charge in [0.2, 0.25) is 0 Å². The molecule has 0 aromatic heterocycles. The SMILES string of the molecule is C/C=C/c1ccc(OC(=O)/C=C/c2ccc(OC)c(OC)c2)c(OC)c1. The van der Waals surface area contributed by atoms with Crippen molar-refractivity contribution in [1.29, 1.82) is 0 Å². The first-order valence-electron chi connectivity index (χ1n) is 8.04. The average Bonchev–Trinajstić information content (AvgIpc) is 2.67. The Bertz CT molecular complexity index is 821. The number of ether oxygens (including phenoxy) is 4. The van der Waals surface area contributed by atoms with Gasteiger partial charge in [-0.05, 0) is 48.4 Å². The molecule has 0 saturated heterocycles. The van der Waals surface area contributed by atoms with E-state index in [4.69, 9.17) is 18.9 Å². The molecular weight excluding hydrogens is 332 g/mol. The Balaban J connectivity index is 2.12. The molecule has 0 heterocycles. The van der Waals surface area contributed by atoms with Gasteiger partial charge in [-0.3, -0.25) is 0 Å². The molecular formula is C21H22O5. The molecule has 0 radical (unpaired) electrons. The molecule has 2 aromatic carbocycles. The number of hydrogen-bond donors (Lipinski definition) is 0. The fourth-order valence-corrected chi connectivity index (χ4v) is 2.33. The number of rotatable bonds is 7. The molecule has 0 spiro atoms. The summed E-state index contributed by atoms with van der Waals surface area (Å²) in [5, 5.41) is 0. The van der Waals surface area contributed by atoms with Crippen molar-refractivity contribution in [2.75, 3.05) is 21.3 Å². The van der Waals surface area contributed by atoms with Gasteiger partial charge in [-0.2, -0.15) is 0 Å². The molecule has 0 unspecified atom stereocenters. The van der Waals surface area contributed by atoms with Crippen molar-refractivity contribution in [1.82, 2.24) is 0 Å². The third-order valence-electron chi connectivity index (χ3n) is 3.58. The molecule has 26 heavy (non-hydrogen) atoms. The van der Waals surface area contributed by atoms with Crippen LogP contribution in [-0.2, 0) is 4.79 Å². The van der Waals surface area contributed by atoms with Crippen LogP contribution in [-0.4, -0.2) is 27.3 Å². The lowest BCUT2D eigenvalue weighted by atomic mass is 10.2. The predicted octanol–water partition coefficient (Wildman–Crippen LogP) is 4.36. The second-order valence-corrected chi connectivity index (χ2v) is 5.28. The maximum atomic E-state index is 12.1. The smallest absolute Gasteiger partial charge is 0.336 e. The normalized spacial score (nSPS) is 10.9. The summed E-state index contributed by atoms with van der Waals surface area (Å²) in [5.41, 5.74) is 1.75. The van der Waals surface area contributed by atoms with Gasteiger partial charge in [0, 0.05) is 6.08 Å². The van der Waals surface area contributed by atoms with Gasteiger partial charge < -0.3 is 18.9 Å². The molecule has 0 aliphatic carbocycles. The van der Waals surface area contributed by atoms with Crippen molar-refractivity contribution in [2.24, 2.45) is 0 Å². The van der Waals surface area contributed by atoms with E-state index in [-0.39, 0.29) is 0 Å². The monoisotopic (exact) mass is 354 g/mol. The summed E-state index contributed by atoms with van der Waals surface area (Å²) in [7, 11) is 4.66. The third-order valence-corrected chi connectivity index (χ3v) is 3.58. The maximum absolute atomic E-state index is 12.1. The van der Waals surface area contributed by atoms with Gasteiger partial charge in [0.05, 0.1) is 21.3 Å². The van der Waals surface area contributed by atoms with Gasteiger partial charge >= 0.3 is 5.97 Å². The highest BCUT2D eigenvalue weighted by Crippen LogP contribution is 2.29. The number of allylic oxidation sites excluding steroid dienone is 1. The fourth-order valence-electron chi connectivity index (χ4n) is 2.33. The number of benzene rings is 2. The van der Waals surface area contributed by atoms with E-state index in [0.717, 1.165) is 11.1 Å². The molecule has 0 aliphatic heterocycles. The zero-order valence-electron chi connectivity index (χ0n) is 15.3. The zero-order valence-corrected chi connectivity index (χ0v) is 15.3. The van der Waals surface area contributed by atoms with Gasteiger partial charge in [-0.25, -0.2) is 4.79 Å². The van der Waals surface area contributed by atoms with Crippen LogP contribution in [0.3, 0.4) is 0 Å². The van der Waals surface area contributed by atoms with Crippen LogP contribution >= 0.6 is 0 Å². The Hall–Kier alpha value is -3.21. The Labute approximate surface area is 153 Å². The first-order valence-corrected chi connectivity index (χ1v) is 8.04. The summed E-state index contributed by atoms with van der Waals surface area (Å²) in [6.45, 7) is 1.93. The van der Waals surface area contributed by atoms with Gasteiger partial charge in [0.25, 0.3) is 0 Å². The number of methoxy groups -OCH3 is 3. The van der Waals surface area contributed by atoms with E-state index >= 15 is 0 Å². The van der Waals surface area contributed by atoms with Crippen molar-refractivity contribution in [3.05, 3.63) is 59.7 Å². The lowest BCUT2D eigenvalue weighted by Gasteiger charge is -2.09. The summed E-state index contributed by atoms with van der Waals surface area (Å²) >= 11 is 0. The topological polar surface area (TPSA) is 54.0 Å². The molecule has 0 atom stereocenters. The molecule has 5 nitrogen and oxygen atoms in total. The van der Waals surface area contributed by atoms with Crippen LogP contribution in [0.1, 0.15) is 18.1 Å². The van der Waals surface area contributed by atoms with Crippen LogP contribution in [0.15, 0.2) is 48.6 Å². The Morgan fingerprint density at radius 1 is 0.769 bits per heavy atom. The van der Waals surface area contributed by atoms with Crippen LogP contribution < -0.4 is 18.9 Å². The van der Waals surface area contributed by atoms with Gasteiger partial charge in [-0.15, -0.1) is 0 Å². The minimum absolute atomic E-state index is 0.364. The van der Waals surface area contributed by atoms with Crippen LogP contribution in [0.25, 0.3) is 12.2 Å². The molecule has 5 heteroatoms. The molecule has 0 bridgehead atoms. The number of carbonyl (C=O) groups excluding carboxylic acids is 1. The largest absolute Gasteiger partial charge is 0.493 e. The summed E-state index contributed by atoms with van der Waals surface area (Å²) < 4.78 is 21.1. The van der Waals surface area contributed by atoms with Crippen LogP contribution in [0, 0.1) is 0 Å². The van der Waals surface area contributed by atoms with Crippen molar-refractivity contribution in [3.63, 3.8) is 0 Å². The minimum atomic E-state index is -0.503. The Kier molecular flexibility index (Phi) is 6.85. The van der Waals surface area contributed by atoms with E-state index in [0.29, 0.717) is 23.0 Å². The van der Waals surface area contributed by atoms with Gasteiger partial charge in [0.1, 0.15) is 0 Å². The molecule has 136 valence electrons. The highest BCUT2D eigenvalue weighted by molar-refractivity contribution is 5.89. The zero-order chi connectivity index (χ0) is 18.9. The molecule has 2 aromatic rings. The Morgan fingerprint density at radius 3 is 1.88 bits per heavy atom. The highest BCUT2D eigenvalue weighted by Gasteiger charge is 2.09. The second-order valence-electron chi connectivity index (χ2n) is 5.28. The van der Waals surface area contributed by atoms with E-state index in [1.807, 2.05) is 31.2 Å². The summed E-state index contributed by atoms with van der Waals surface area (Å²) in [5.74, 6) is 1.57. The molecule has 0 N–H and O–H groups in total. The fraction of sp³-hybridized carbons (Fsp3) is 0.190. The first-order chi connectivity index (χ1) is 12.6. The quantitative estimate of drug-likeness (QED) is 0.420. The average molecular weight is 354 g/mol. The van der Waals surface area contributed by atoms with E-state index < -0.39 is 5.97 Å². The summed E-state index contributed by atoms with van der Waals surface area (Å²) in [6, 6.07) is 10.7. The standard InChI is InChI=1S/C21H22O5/c1-5-6-15-8-11-18(20(13-15)25-4)26-21(22)12-9-16-7-10-17(23-2)19(14-16)24-3/h5-14H,1-4H3/b6-5+,12-9+. The van der Waals surface area contributed by atoms with Crippen LogP contribution in [0.4, 0.5) is 0 Å². The van der Waals surface area contributed by atoms with Crippen LogP contribution in [0.2, 0.25) is 0 Å². The number of hydrogen-bond acceptors (Lipinski definition) is 5. The number of esters is 1. The lowest BCUT2D eigenvalue weighted by molar-refractivity contribution is -0.129. The first kappa shape index (κ1) is 19.1. The summed E-state index contributed by atoms with van der Waals surface area (Å²) in [4.78, 5) is 12.1. The van der Waals surface area contributed by atoms with E-state index in [1.54, 1.807) is 44.6 Å². The van der Waals surface area contributed by atoms with E-state index in [1.165, 1.54) is 13.2 Å². The third kappa shape index (κ3) is 4.89. The minimum Gasteiger partial charge on any atom is -0.493 e. The molecule has 0 saturated carbocycles. The van der Waals surface area contributed by atoms with Crippen molar-refractivity contribution in [2.45, 2.75) is 6.92 Å². The Morgan fingerprint density at radius 2 is 1.31 bits per heavy atom. The van der Waals surface area contributed by atoms with E-state index in [9.17, 15) is 4.79 Å². The van der Waals surface area contributed by atoms with Gasteiger partial charge in [-0.1, -0.05) is 24.3 Å². The van der Waals surface area contributed by atoms with E-state index in [2.05, 4.69) is 0 Å². The highest BCUT2D eigenvalue weighted by atomic mass is 16.6. The second kappa shape index (κ2) is 9.32. The van der Waals surface area contributed by atoms with Gasteiger partial charge in [0.15, 0.2) is 23.0 Å². The van der Waals surface area contributed by atoms with Crippen molar-refractivity contribution >= 4 is 18.1 Å². The lowest BCUT2D eigenvalue weighted by Crippen LogP contribution is -2.05. The molecule has 0 amide bonds. The van der Waals surface area contributed by atoms with Crippen molar-refractivity contribution < 1.29 is 23.7 Å². The molecule has 0 aliphatic rings. The number of carbonyl (C=O) groups is 1. The predicted molar refractivity (Wildman–Crippen MR) is 102 cm³/mol. The summed E-state index contributed by atoms with van der Waals surface area (Å²) in [6.07, 6.45) is 6.85. The van der Waals surface area contributed by atoms with Crippen molar-refractivity contribution in [3.8, 4) is 23.0 Å².